The number of hydrogen-bond acceptors (Lipinski definition) is 4. The van der Waals surface area contributed by atoms with Crippen molar-refractivity contribution in [1.82, 2.24) is 15.2 Å². The molecule has 2 aromatic heterocycles. The Morgan fingerprint density at radius 2 is 2.40 bits per heavy atom. The fraction of sp³-hybridized carbons (Fsp3) is 0.300. The van der Waals surface area contributed by atoms with Gasteiger partial charge in [-0.15, -0.1) is 11.8 Å². The number of aromatic nitrogens is 3. The number of pyridine rings is 1. The smallest absolute Gasteiger partial charge is 0.135 e. The van der Waals surface area contributed by atoms with Crippen LogP contribution in [0, 0.1) is 0 Å². The maximum atomic E-state index is 11.0. The van der Waals surface area contributed by atoms with E-state index in [4.69, 9.17) is 0 Å². The first-order valence-corrected chi connectivity index (χ1v) is 5.80. The van der Waals surface area contributed by atoms with Crippen LogP contribution in [0.15, 0.2) is 17.2 Å². The van der Waals surface area contributed by atoms with Crippen molar-refractivity contribution in [2.75, 3.05) is 6.26 Å². The van der Waals surface area contributed by atoms with Crippen molar-refractivity contribution in [2.45, 2.75) is 18.2 Å². The van der Waals surface area contributed by atoms with Gasteiger partial charge in [0.2, 0.25) is 0 Å². The maximum absolute atomic E-state index is 11.0. The summed E-state index contributed by atoms with van der Waals surface area (Å²) < 4.78 is 0. The zero-order chi connectivity index (χ0) is 10.8. The Morgan fingerprint density at radius 3 is 3.07 bits per heavy atom. The number of nitrogens with one attached hydrogen (secondary N) is 1. The number of hydrogen-bond donors (Lipinski definition) is 1. The quantitative estimate of drug-likeness (QED) is 0.803. The van der Waals surface area contributed by atoms with Gasteiger partial charge < -0.3 is 0 Å². The Labute approximate surface area is 91.5 Å². The maximum Gasteiger partial charge on any atom is 0.135 e. The third-order valence-electron chi connectivity index (χ3n) is 2.07. The van der Waals surface area contributed by atoms with E-state index in [1.165, 1.54) is 0 Å². The second-order valence-electron chi connectivity index (χ2n) is 3.31. The second kappa shape index (κ2) is 4.02. The van der Waals surface area contributed by atoms with Crippen LogP contribution in [0.5, 0.6) is 0 Å². The average Bonchev–Trinajstić information content (AvgIpc) is 2.63. The number of thioether (sulfide) groups is 1. The van der Waals surface area contributed by atoms with Crippen molar-refractivity contribution in [2.24, 2.45) is 0 Å². The molecule has 0 aliphatic carbocycles. The molecule has 1 N–H and O–H groups in total. The molecule has 5 heteroatoms. The highest BCUT2D eigenvalue weighted by atomic mass is 32.2. The van der Waals surface area contributed by atoms with Crippen LogP contribution in [0.3, 0.4) is 0 Å². The van der Waals surface area contributed by atoms with Crippen molar-refractivity contribution >= 4 is 28.6 Å². The number of Topliss-reactive ketones (excluding diaryl/α,β-unsaturated/α-hetero) is 1. The predicted molar refractivity (Wildman–Crippen MR) is 60.1 cm³/mol. The Bertz CT molecular complexity index is 506. The SMILES string of the molecule is CSc1cc(CC(C)=O)nc2c[nH]nc12. The fourth-order valence-corrected chi connectivity index (χ4v) is 2.06. The minimum atomic E-state index is 0.123. The van der Waals surface area contributed by atoms with Gasteiger partial charge in [-0.3, -0.25) is 9.89 Å². The molecule has 0 saturated heterocycles. The summed E-state index contributed by atoms with van der Waals surface area (Å²) in [5, 5.41) is 6.90. The zero-order valence-electron chi connectivity index (χ0n) is 8.57. The van der Waals surface area contributed by atoms with E-state index in [9.17, 15) is 4.79 Å². The molecule has 0 atom stereocenters. The molecule has 2 rings (SSSR count). The van der Waals surface area contributed by atoms with Crippen LogP contribution in [0.1, 0.15) is 12.6 Å². The summed E-state index contributed by atoms with van der Waals surface area (Å²) in [5.74, 6) is 0.123. The predicted octanol–water partition coefficient (Wildman–Crippen LogP) is 1.81. The van der Waals surface area contributed by atoms with E-state index in [1.54, 1.807) is 24.9 Å². The van der Waals surface area contributed by atoms with E-state index in [1.807, 2.05) is 12.3 Å². The summed E-state index contributed by atoms with van der Waals surface area (Å²) in [6.45, 7) is 1.57. The lowest BCUT2D eigenvalue weighted by Gasteiger charge is -2.01. The largest absolute Gasteiger partial charge is 0.300 e. The van der Waals surface area contributed by atoms with E-state index in [-0.39, 0.29) is 5.78 Å². The average molecular weight is 221 g/mol. The summed E-state index contributed by atoms with van der Waals surface area (Å²) in [6, 6.07) is 1.93. The van der Waals surface area contributed by atoms with Gasteiger partial charge in [-0.05, 0) is 19.2 Å². The lowest BCUT2D eigenvalue weighted by molar-refractivity contribution is -0.116. The highest BCUT2D eigenvalue weighted by Crippen LogP contribution is 2.24. The molecule has 0 aliphatic rings. The molecule has 0 aromatic carbocycles. The molecule has 78 valence electrons. The van der Waals surface area contributed by atoms with Gasteiger partial charge in [0, 0.05) is 23.2 Å². The molecule has 0 bridgehead atoms. The molecule has 15 heavy (non-hydrogen) atoms. The number of aromatic amines is 1. The molecular weight excluding hydrogens is 210 g/mol. The van der Waals surface area contributed by atoms with Crippen LogP contribution in [0.25, 0.3) is 11.0 Å². The number of fused-ring (bicyclic) bond motifs is 1. The van der Waals surface area contributed by atoms with E-state index in [0.29, 0.717) is 6.42 Å². The highest BCUT2D eigenvalue weighted by molar-refractivity contribution is 7.98. The number of carbonyl (C=O) groups excluding carboxylic acids is 1. The third-order valence-corrected chi connectivity index (χ3v) is 2.82. The minimum Gasteiger partial charge on any atom is -0.300 e. The van der Waals surface area contributed by atoms with Crippen LogP contribution in [-0.4, -0.2) is 27.2 Å². The molecule has 2 aromatic rings. The molecule has 2 heterocycles. The zero-order valence-corrected chi connectivity index (χ0v) is 9.39. The van der Waals surface area contributed by atoms with Gasteiger partial charge in [-0.1, -0.05) is 0 Å². The molecule has 0 radical (unpaired) electrons. The number of ketones is 1. The number of rotatable bonds is 3. The molecule has 0 unspecified atom stereocenters. The standard InChI is InChI=1S/C10H11N3OS/c1-6(14)3-7-4-9(15-2)10-8(12-7)5-11-13-10/h4-5H,3H2,1-2H3,(H,11,13). The lowest BCUT2D eigenvalue weighted by Crippen LogP contribution is -1.99. The third kappa shape index (κ3) is 2.02. The van der Waals surface area contributed by atoms with Gasteiger partial charge in [0.1, 0.15) is 16.8 Å². The molecule has 0 fully saturated rings. The summed E-state index contributed by atoms with van der Waals surface area (Å²) in [7, 11) is 0. The fourth-order valence-electron chi connectivity index (χ4n) is 1.46. The molecule has 4 nitrogen and oxygen atoms in total. The van der Waals surface area contributed by atoms with E-state index < -0.39 is 0 Å². The van der Waals surface area contributed by atoms with Crippen LogP contribution >= 0.6 is 11.8 Å². The van der Waals surface area contributed by atoms with Crippen LogP contribution < -0.4 is 0 Å². The summed E-state index contributed by atoms with van der Waals surface area (Å²) in [4.78, 5) is 16.4. The van der Waals surface area contributed by atoms with E-state index in [0.717, 1.165) is 21.6 Å². The molecule has 0 aliphatic heterocycles. The highest BCUT2D eigenvalue weighted by Gasteiger charge is 2.08. The number of carbonyl (C=O) groups is 1. The van der Waals surface area contributed by atoms with Gasteiger partial charge >= 0.3 is 0 Å². The Hall–Kier alpha value is -1.36. The normalized spacial score (nSPS) is 10.8. The van der Waals surface area contributed by atoms with Gasteiger partial charge in [-0.2, -0.15) is 5.10 Å². The number of nitrogens with zero attached hydrogens (tertiary/aromatic N) is 2. The Balaban J connectivity index is 2.53. The molecule has 0 spiro atoms. The second-order valence-corrected chi connectivity index (χ2v) is 4.16. The van der Waals surface area contributed by atoms with Crippen molar-refractivity contribution in [3.8, 4) is 0 Å². The monoisotopic (exact) mass is 221 g/mol. The van der Waals surface area contributed by atoms with Crippen molar-refractivity contribution < 1.29 is 4.79 Å². The number of H-pyrrole nitrogens is 1. The van der Waals surface area contributed by atoms with Gasteiger partial charge in [0.05, 0.1) is 0 Å². The van der Waals surface area contributed by atoms with Crippen LogP contribution in [0.4, 0.5) is 0 Å². The first kappa shape index (κ1) is 10.2. The van der Waals surface area contributed by atoms with E-state index in [2.05, 4.69) is 15.2 Å². The van der Waals surface area contributed by atoms with Gasteiger partial charge in [0.25, 0.3) is 0 Å². The Morgan fingerprint density at radius 1 is 1.60 bits per heavy atom. The van der Waals surface area contributed by atoms with Crippen molar-refractivity contribution in [1.29, 1.82) is 0 Å². The lowest BCUT2D eigenvalue weighted by atomic mass is 10.2. The molecule has 0 saturated carbocycles. The first-order valence-electron chi connectivity index (χ1n) is 4.57. The summed E-state index contributed by atoms with van der Waals surface area (Å²) in [6.07, 6.45) is 4.12. The first-order chi connectivity index (χ1) is 7.20. The summed E-state index contributed by atoms with van der Waals surface area (Å²) in [5.41, 5.74) is 2.49. The van der Waals surface area contributed by atoms with Gasteiger partial charge in [-0.25, -0.2) is 4.98 Å². The molecule has 0 amide bonds. The Kier molecular flexibility index (Phi) is 2.73. The van der Waals surface area contributed by atoms with Crippen LogP contribution in [0.2, 0.25) is 0 Å². The van der Waals surface area contributed by atoms with Crippen molar-refractivity contribution in [3.63, 3.8) is 0 Å². The van der Waals surface area contributed by atoms with E-state index >= 15 is 0 Å². The summed E-state index contributed by atoms with van der Waals surface area (Å²) >= 11 is 1.61. The minimum absolute atomic E-state index is 0.123. The molecular formula is C10H11N3OS. The van der Waals surface area contributed by atoms with Gasteiger partial charge in [0.15, 0.2) is 0 Å². The van der Waals surface area contributed by atoms with Crippen molar-refractivity contribution in [3.05, 3.63) is 18.0 Å². The van der Waals surface area contributed by atoms with Crippen LogP contribution in [-0.2, 0) is 11.2 Å². The topological polar surface area (TPSA) is 58.6 Å².